The lowest BCUT2D eigenvalue weighted by Crippen LogP contribution is -2.58. The van der Waals surface area contributed by atoms with Crippen LogP contribution in [0.3, 0.4) is 0 Å². The molecule has 160 valence electrons. The van der Waals surface area contributed by atoms with Gasteiger partial charge in [-0.15, -0.1) is 0 Å². The standard InChI is InChI=1S/C22H25NO7/c1-5-27-19(24)17-18(20(25)28-6-2)23-15-11-9-8-10-14(15)12-13-16(23)30-22(17,4)21(26)29-7-3/h8-13,16H,5-7H2,1-4H3. The fourth-order valence-corrected chi connectivity index (χ4v) is 3.56. The zero-order chi connectivity index (χ0) is 21.9. The molecule has 0 amide bonds. The molecule has 0 bridgehead atoms. The van der Waals surface area contributed by atoms with Crippen LogP contribution in [0.2, 0.25) is 0 Å². The molecule has 2 atom stereocenters. The summed E-state index contributed by atoms with van der Waals surface area (Å²) in [5, 5.41) is 0. The van der Waals surface area contributed by atoms with Crippen molar-refractivity contribution in [3.05, 3.63) is 47.2 Å². The van der Waals surface area contributed by atoms with Gasteiger partial charge in [0.25, 0.3) is 0 Å². The molecule has 2 unspecified atom stereocenters. The third kappa shape index (κ3) is 3.59. The van der Waals surface area contributed by atoms with Crippen molar-refractivity contribution < 1.29 is 33.3 Å². The van der Waals surface area contributed by atoms with Crippen LogP contribution in [-0.4, -0.2) is 49.6 Å². The lowest BCUT2D eigenvalue weighted by Gasteiger charge is -2.45. The van der Waals surface area contributed by atoms with E-state index in [1.165, 1.54) is 6.92 Å². The normalized spacial score (nSPS) is 22.1. The number of carbonyl (C=O) groups is 3. The van der Waals surface area contributed by atoms with Gasteiger partial charge in [0.15, 0.2) is 11.8 Å². The predicted molar refractivity (Wildman–Crippen MR) is 108 cm³/mol. The SMILES string of the molecule is CCOC(=O)C1=C(C(=O)OCC)C(C)(C(=O)OCC)OC2C=Cc3ccccc3N12. The van der Waals surface area contributed by atoms with E-state index in [4.69, 9.17) is 18.9 Å². The highest BCUT2D eigenvalue weighted by Gasteiger charge is 2.55. The van der Waals surface area contributed by atoms with Crippen molar-refractivity contribution >= 4 is 29.7 Å². The Kier molecular flexibility index (Phi) is 6.26. The molecule has 0 fully saturated rings. The molecule has 0 saturated carbocycles. The summed E-state index contributed by atoms with van der Waals surface area (Å²) in [6.45, 7) is 6.57. The molecule has 0 aliphatic carbocycles. The van der Waals surface area contributed by atoms with Gasteiger partial charge in [-0.05, 0) is 45.4 Å². The second kappa shape index (κ2) is 8.71. The minimum absolute atomic E-state index is 0.0528. The minimum Gasteiger partial charge on any atom is -0.464 e. The maximum atomic E-state index is 13.1. The van der Waals surface area contributed by atoms with Gasteiger partial charge in [-0.25, -0.2) is 14.4 Å². The lowest BCUT2D eigenvalue weighted by molar-refractivity contribution is -0.174. The molecular formula is C22H25NO7. The number of ether oxygens (including phenoxy) is 4. The van der Waals surface area contributed by atoms with Gasteiger partial charge in [-0.3, -0.25) is 0 Å². The molecule has 30 heavy (non-hydrogen) atoms. The van der Waals surface area contributed by atoms with Crippen molar-refractivity contribution in [1.29, 1.82) is 0 Å². The number of carbonyl (C=O) groups excluding carboxylic acids is 3. The predicted octanol–water partition coefficient (Wildman–Crippen LogP) is 2.58. The number of nitrogens with zero attached hydrogens (tertiary/aromatic N) is 1. The molecule has 2 aliphatic rings. The number of rotatable bonds is 6. The number of anilines is 1. The second-order valence-electron chi connectivity index (χ2n) is 6.71. The average molecular weight is 415 g/mol. The number of benzene rings is 1. The number of fused-ring (bicyclic) bond motifs is 3. The van der Waals surface area contributed by atoms with E-state index in [-0.39, 0.29) is 31.1 Å². The van der Waals surface area contributed by atoms with Crippen LogP contribution in [0.15, 0.2) is 41.6 Å². The monoisotopic (exact) mass is 415 g/mol. The van der Waals surface area contributed by atoms with E-state index in [1.807, 2.05) is 18.2 Å². The van der Waals surface area contributed by atoms with Gasteiger partial charge < -0.3 is 23.8 Å². The molecule has 0 spiro atoms. The zero-order valence-corrected chi connectivity index (χ0v) is 17.5. The van der Waals surface area contributed by atoms with E-state index in [0.717, 1.165) is 5.56 Å². The van der Waals surface area contributed by atoms with Crippen molar-refractivity contribution in [2.24, 2.45) is 0 Å². The molecule has 0 aromatic heterocycles. The first-order valence-electron chi connectivity index (χ1n) is 9.89. The summed E-state index contributed by atoms with van der Waals surface area (Å²) in [5.41, 5.74) is -0.744. The molecule has 8 nitrogen and oxygen atoms in total. The quantitative estimate of drug-likeness (QED) is 0.517. The maximum Gasteiger partial charge on any atom is 0.355 e. The van der Waals surface area contributed by atoms with Crippen LogP contribution in [0, 0.1) is 0 Å². The Bertz CT molecular complexity index is 920. The smallest absolute Gasteiger partial charge is 0.355 e. The van der Waals surface area contributed by atoms with Gasteiger partial charge in [-0.2, -0.15) is 0 Å². The van der Waals surface area contributed by atoms with Crippen LogP contribution in [0.4, 0.5) is 5.69 Å². The van der Waals surface area contributed by atoms with Gasteiger partial charge in [0, 0.05) is 0 Å². The van der Waals surface area contributed by atoms with Crippen molar-refractivity contribution in [3.63, 3.8) is 0 Å². The van der Waals surface area contributed by atoms with Crippen molar-refractivity contribution in [1.82, 2.24) is 0 Å². The summed E-state index contributed by atoms with van der Waals surface area (Å²) in [5.74, 6) is -2.39. The van der Waals surface area contributed by atoms with Gasteiger partial charge in [-0.1, -0.05) is 24.3 Å². The van der Waals surface area contributed by atoms with E-state index in [0.29, 0.717) is 5.69 Å². The van der Waals surface area contributed by atoms with Crippen LogP contribution in [0.5, 0.6) is 0 Å². The first kappa shape index (κ1) is 21.6. The summed E-state index contributed by atoms with van der Waals surface area (Å²) in [7, 11) is 0. The summed E-state index contributed by atoms with van der Waals surface area (Å²) >= 11 is 0. The van der Waals surface area contributed by atoms with Crippen molar-refractivity contribution in [2.45, 2.75) is 39.5 Å². The summed E-state index contributed by atoms with van der Waals surface area (Å²) in [4.78, 5) is 40.6. The van der Waals surface area contributed by atoms with E-state index >= 15 is 0 Å². The fourth-order valence-electron chi connectivity index (χ4n) is 3.56. The van der Waals surface area contributed by atoms with Gasteiger partial charge in [0.2, 0.25) is 0 Å². The highest BCUT2D eigenvalue weighted by Crippen LogP contribution is 2.43. The topological polar surface area (TPSA) is 91.4 Å². The van der Waals surface area contributed by atoms with Crippen LogP contribution in [0.1, 0.15) is 33.3 Å². The molecule has 1 aromatic rings. The highest BCUT2D eigenvalue weighted by atomic mass is 16.6. The van der Waals surface area contributed by atoms with Crippen molar-refractivity contribution in [3.8, 4) is 0 Å². The Morgan fingerprint density at radius 2 is 1.63 bits per heavy atom. The molecule has 2 heterocycles. The summed E-state index contributed by atoms with van der Waals surface area (Å²) in [6.07, 6.45) is 2.72. The number of hydrogen-bond donors (Lipinski definition) is 0. The summed E-state index contributed by atoms with van der Waals surface area (Å²) < 4.78 is 21.7. The Hall–Kier alpha value is -3.13. The summed E-state index contributed by atoms with van der Waals surface area (Å²) in [6, 6.07) is 7.33. The van der Waals surface area contributed by atoms with Crippen LogP contribution >= 0.6 is 0 Å². The zero-order valence-electron chi connectivity index (χ0n) is 17.5. The van der Waals surface area contributed by atoms with Crippen LogP contribution in [-0.2, 0) is 33.3 Å². The van der Waals surface area contributed by atoms with E-state index in [2.05, 4.69) is 0 Å². The van der Waals surface area contributed by atoms with Gasteiger partial charge in [0.05, 0.1) is 25.5 Å². The lowest BCUT2D eigenvalue weighted by atomic mass is 9.89. The third-order valence-corrected chi connectivity index (χ3v) is 4.82. The third-order valence-electron chi connectivity index (χ3n) is 4.82. The first-order valence-corrected chi connectivity index (χ1v) is 9.89. The fraction of sp³-hybridized carbons (Fsp3) is 0.409. The molecule has 2 aliphatic heterocycles. The molecule has 0 saturated heterocycles. The van der Waals surface area contributed by atoms with Gasteiger partial charge >= 0.3 is 17.9 Å². The minimum atomic E-state index is -1.86. The van der Waals surface area contributed by atoms with E-state index in [1.54, 1.807) is 43.9 Å². The van der Waals surface area contributed by atoms with Crippen LogP contribution in [0.25, 0.3) is 6.08 Å². The molecule has 3 rings (SSSR count). The first-order chi connectivity index (χ1) is 14.4. The molecule has 8 heteroatoms. The number of para-hydroxylation sites is 1. The van der Waals surface area contributed by atoms with E-state index < -0.39 is 29.7 Å². The Labute approximate surface area is 175 Å². The Balaban J connectivity index is 2.31. The highest BCUT2D eigenvalue weighted by molar-refractivity contribution is 6.09. The second-order valence-corrected chi connectivity index (χ2v) is 6.71. The molecule has 1 aromatic carbocycles. The Morgan fingerprint density at radius 1 is 1.00 bits per heavy atom. The largest absolute Gasteiger partial charge is 0.464 e. The number of esters is 3. The molecular weight excluding hydrogens is 390 g/mol. The van der Waals surface area contributed by atoms with Crippen LogP contribution < -0.4 is 4.90 Å². The van der Waals surface area contributed by atoms with E-state index in [9.17, 15) is 14.4 Å². The van der Waals surface area contributed by atoms with Gasteiger partial charge in [0.1, 0.15) is 11.3 Å². The Morgan fingerprint density at radius 3 is 2.30 bits per heavy atom. The molecule has 0 radical (unpaired) electrons. The maximum absolute atomic E-state index is 13.1. The molecule has 0 N–H and O–H groups in total. The van der Waals surface area contributed by atoms with Crippen molar-refractivity contribution in [2.75, 3.05) is 24.7 Å². The number of hydrogen-bond acceptors (Lipinski definition) is 8. The average Bonchev–Trinajstić information content (AvgIpc) is 2.73.